The third kappa shape index (κ3) is 2.73. The van der Waals surface area contributed by atoms with E-state index in [1.54, 1.807) is 18.3 Å². The van der Waals surface area contributed by atoms with Crippen molar-refractivity contribution in [2.75, 3.05) is 5.32 Å². The number of nitrogens with zero attached hydrogens (tertiary/aromatic N) is 1. The average Bonchev–Trinajstić information content (AvgIpc) is 2.38. The van der Waals surface area contributed by atoms with Gasteiger partial charge in [-0.1, -0.05) is 18.2 Å². The number of anilines is 1. The van der Waals surface area contributed by atoms with Gasteiger partial charge in [0.25, 0.3) is 0 Å². The fourth-order valence-corrected chi connectivity index (χ4v) is 1.63. The molecule has 0 aliphatic rings. The van der Waals surface area contributed by atoms with Crippen molar-refractivity contribution >= 4 is 5.69 Å². The second-order valence-electron chi connectivity index (χ2n) is 3.68. The molecular weight excluding hydrogens is 214 g/mol. The predicted octanol–water partition coefficient (Wildman–Crippen LogP) is 1.86. The molecule has 0 radical (unpaired) electrons. The number of pyridine rings is 1. The van der Waals surface area contributed by atoms with Crippen molar-refractivity contribution in [3.05, 3.63) is 53.9 Å². The Balaban J connectivity index is 2.10. The number of nitrogens with one attached hydrogen (secondary N) is 1. The summed E-state index contributed by atoms with van der Waals surface area (Å²) in [5.74, 6) is 0.241. The standard InChI is InChI=1S/C13H15N3O/c14-8-12-10(4-3-7-15-12)9-16-11-5-1-2-6-13(11)17/h1-7,16-17H,8-9,14H2. The number of phenols is 1. The molecule has 0 fully saturated rings. The van der Waals surface area contributed by atoms with Crippen LogP contribution in [0.1, 0.15) is 11.3 Å². The highest BCUT2D eigenvalue weighted by Gasteiger charge is 2.03. The SMILES string of the molecule is NCc1ncccc1CNc1ccccc1O. The minimum atomic E-state index is 0.241. The summed E-state index contributed by atoms with van der Waals surface area (Å²) in [4.78, 5) is 4.20. The summed E-state index contributed by atoms with van der Waals surface area (Å²) in [5, 5.41) is 12.8. The Labute approximate surface area is 100 Å². The molecule has 1 aromatic carbocycles. The van der Waals surface area contributed by atoms with E-state index in [1.165, 1.54) is 0 Å². The molecule has 0 saturated carbocycles. The van der Waals surface area contributed by atoms with Gasteiger partial charge < -0.3 is 16.2 Å². The molecule has 2 aromatic rings. The van der Waals surface area contributed by atoms with Crippen LogP contribution in [-0.4, -0.2) is 10.1 Å². The molecule has 0 aliphatic heterocycles. The summed E-state index contributed by atoms with van der Waals surface area (Å²) in [6, 6.07) is 11.0. The lowest BCUT2D eigenvalue weighted by Crippen LogP contribution is -2.08. The van der Waals surface area contributed by atoms with E-state index in [2.05, 4.69) is 10.3 Å². The minimum absolute atomic E-state index is 0.241. The first kappa shape index (κ1) is 11.4. The van der Waals surface area contributed by atoms with E-state index in [9.17, 15) is 5.11 Å². The quantitative estimate of drug-likeness (QED) is 0.700. The summed E-state index contributed by atoms with van der Waals surface area (Å²) < 4.78 is 0. The Morgan fingerprint density at radius 2 is 2.00 bits per heavy atom. The zero-order valence-electron chi connectivity index (χ0n) is 9.43. The van der Waals surface area contributed by atoms with Gasteiger partial charge in [-0.25, -0.2) is 0 Å². The van der Waals surface area contributed by atoms with Crippen molar-refractivity contribution in [1.29, 1.82) is 0 Å². The van der Waals surface area contributed by atoms with Crippen LogP contribution in [0, 0.1) is 0 Å². The van der Waals surface area contributed by atoms with Crippen molar-refractivity contribution in [2.24, 2.45) is 5.73 Å². The number of rotatable bonds is 4. The molecule has 4 heteroatoms. The normalized spacial score (nSPS) is 10.2. The molecule has 0 amide bonds. The second-order valence-corrected chi connectivity index (χ2v) is 3.68. The fourth-order valence-electron chi connectivity index (χ4n) is 1.63. The van der Waals surface area contributed by atoms with Crippen LogP contribution >= 0.6 is 0 Å². The van der Waals surface area contributed by atoms with Gasteiger partial charge in [0, 0.05) is 19.3 Å². The van der Waals surface area contributed by atoms with Gasteiger partial charge in [-0.3, -0.25) is 4.98 Å². The number of aromatic hydroxyl groups is 1. The lowest BCUT2D eigenvalue weighted by Gasteiger charge is -2.10. The molecule has 1 heterocycles. The summed E-state index contributed by atoms with van der Waals surface area (Å²) in [6.07, 6.45) is 1.73. The molecule has 0 unspecified atom stereocenters. The molecule has 1 aromatic heterocycles. The first-order valence-electron chi connectivity index (χ1n) is 5.46. The van der Waals surface area contributed by atoms with Gasteiger partial charge in [-0.2, -0.15) is 0 Å². The van der Waals surface area contributed by atoms with Gasteiger partial charge in [0.1, 0.15) is 5.75 Å². The Bertz CT molecular complexity index is 500. The van der Waals surface area contributed by atoms with E-state index in [-0.39, 0.29) is 5.75 Å². The maximum Gasteiger partial charge on any atom is 0.138 e. The topological polar surface area (TPSA) is 71.2 Å². The van der Waals surface area contributed by atoms with Crippen LogP contribution in [0.5, 0.6) is 5.75 Å². The summed E-state index contributed by atoms with van der Waals surface area (Å²) in [6.45, 7) is 1.01. The highest BCUT2D eigenvalue weighted by atomic mass is 16.3. The lowest BCUT2D eigenvalue weighted by atomic mass is 10.2. The average molecular weight is 229 g/mol. The van der Waals surface area contributed by atoms with E-state index in [4.69, 9.17) is 5.73 Å². The first-order valence-corrected chi connectivity index (χ1v) is 5.46. The third-order valence-electron chi connectivity index (χ3n) is 2.55. The van der Waals surface area contributed by atoms with Crippen LogP contribution < -0.4 is 11.1 Å². The number of phenolic OH excluding ortho intramolecular Hbond substituents is 1. The number of hydrogen-bond donors (Lipinski definition) is 3. The smallest absolute Gasteiger partial charge is 0.138 e. The van der Waals surface area contributed by atoms with Crippen molar-refractivity contribution < 1.29 is 5.11 Å². The molecular formula is C13H15N3O. The molecule has 4 nitrogen and oxygen atoms in total. The van der Waals surface area contributed by atoms with Gasteiger partial charge >= 0.3 is 0 Å². The van der Waals surface area contributed by atoms with Crippen LogP contribution in [0.3, 0.4) is 0 Å². The molecule has 0 bridgehead atoms. The number of aromatic nitrogens is 1. The van der Waals surface area contributed by atoms with Crippen LogP contribution in [0.2, 0.25) is 0 Å². The van der Waals surface area contributed by atoms with Gasteiger partial charge in [0.05, 0.1) is 11.4 Å². The van der Waals surface area contributed by atoms with E-state index in [0.29, 0.717) is 18.8 Å². The lowest BCUT2D eigenvalue weighted by molar-refractivity contribution is 0.477. The molecule has 0 spiro atoms. The molecule has 0 saturated heterocycles. The predicted molar refractivity (Wildman–Crippen MR) is 67.6 cm³/mol. The number of nitrogens with two attached hydrogens (primary N) is 1. The van der Waals surface area contributed by atoms with E-state index >= 15 is 0 Å². The Morgan fingerprint density at radius 3 is 2.76 bits per heavy atom. The zero-order valence-corrected chi connectivity index (χ0v) is 9.43. The summed E-state index contributed by atoms with van der Waals surface area (Å²) in [7, 11) is 0. The summed E-state index contributed by atoms with van der Waals surface area (Å²) in [5.41, 5.74) is 8.23. The monoisotopic (exact) mass is 229 g/mol. The molecule has 2 rings (SSSR count). The minimum Gasteiger partial charge on any atom is -0.506 e. The Kier molecular flexibility index (Phi) is 3.57. The van der Waals surface area contributed by atoms with Gasteiger partial charge in [0.2, 0.25) is 0 Å². The molecule has 0 aliphatic carbocycles. The third-order valence-corrected chi connectivity index (χ3v) is 2.55. The van der Waals surface area contributed by atoms with E-state index < -0.39 is 0 Å². The largest absolute Gasteiger partial charge is 0.506 e. The molecule has 17 heavy (non-hydrogen) atoms. The zero-order chi connectivity index (χ0) is 12.1. The van der Waals surface area contributed by atoms with Gasteiger partial charge in [-0.15, -0.1) is 0 Å². The van der Waals surface area contributed by atoms with Crippen molar-refractivity contribution in [1.82, 2.24) is 4.98 Å². The first-order chi connectivity index (χ1) is 8.31. The number of hydrogen-bond acceptors (Lipinski definition) is 4. The molecule has 0 atom stereocenters. The van der Waals surface area contributed by atoms with E-state index in [1.807, 2.05) is 24.3 Å². The van der Waals surface area contributed by atoms with Crippen molar-refractivity contribution in [3.8, 4) is 5.75 Å². The van der Waals surface area contributed by atoms with Crippen LogP contribution in [0.25, 0.3) is 0 Å². The van der Waals surface area contributed by atoms with Gasteiger partial charge in [0.15, 0.2) is 0 Å². The maximum atomic E-state index is 9.61. The molecule has 4 N–H and O–H groups in total. The highest BCUT2D eigenvalue weighted by Crippen LogP contribution is 2.22. The van der Waals surface area contributed by atoms with E-state index in [0.717, 1.165) is 11.3 Å². The van der Waals surface area contributed by atoms with Crippen molar-refractivity contribution in [2.45, 2.75) is 13.1 Å². The van der Waals surface area contributed by atoms with Crippen LogP contribution in [0.4, 0.5) is 5.69 Å². The van der Waals surface area contributed by atoms with Gasteiger partial charge in [-0.05, 0) is 23.8 Å². The Morgan fingerprint density at radius 1 is 1.18 bits per heavy atom. The number of benzene rings is 1. The summed E-state index contributed by atoms with van der Waals surface area (Å²) >= 11 is 0. The second kappa shape index (κ2) is 5.32. The fraction of sp³-hybridized carbons (Fsp3) is 0.154. The van der Waals surface area contributed by atoms with Crippen LogP contribution in [0.15, 0.2) is 42.6 Å². The number of para-hydroxylation sites is 2. The highest BCUT2D eigenvalue weighted by molar-refractivity contribution is 5.55. The van der Waals surface area contributed by atoms with Crippen LogP contribution in [-0.2, 0) is 13.1 Å². The van der Waals surface area contributed by atoms with Crippen molar-refractivity contribution in [3.63, 3.8) is 0 Å². The maximum absolute atomic E-state index is 9.61. The Hall–Kier alpha value is -2.07. The molecule has 88 valence electrons.